The molecule has 4 heteroatoms. The van der Waals surface area contributed by atoms with Gasteiger partial charge in [-0.05, 0) is 55.5 Å². The first kappa shape index (κ1) is 15.9. The Morgan fingerprint density at radius 1 is 1.00 bits per heavy atom. The van der Waals surface area contributed by atoms with Gasteiger partial charge in [-0.15, -0.1) is 0 Å². The van der Waals surface area contributed by atoms with Gasteiger partial charge >= 0.3 is 0 Å². The maximum Gasteiger partial charge on any atom is 0.129 e. The van der Waals surface area contributed by atoms with E-state index in [1.54, 1.807) is 12.1 Å². The smallest absolute Gasteiger partial charge is 0.129 e. The number of halogens is 4. The van der Waals surface area contributed by atoms with E-state index in [2.05, 4.69) is 0 Å². The summed E-state index contributed by atoms with van der Waals surface area (Å²) in [4.78, 5) is 0. The first-order valence-corrected chi connectivity index (χ1v) is 7.21. The largest absolute Gasteiger partial charge is 0.251 e. The second-order valence-corrected chi connectivity index (χ2v) is 5.43. The second-order valence-electron chi connectivity index (χ2n) is 5.03. The summed E-state index contributed by atoms with van der Waals surface area (Å²) in [5.74, 6) is -1.18. The Morgan fingerprint density at radius 2 is 1.67 bits per heavy atom. The average Bonchev–Trinajstić information content (AvgIpc) is 2.45. The van der Waals surface area contributed by atoms with Gasteiger partial charge in [-0.3, -0.25) is 4.39 Å². The lowest BCUT2D eigenvalue weighted by atomic mass is 10.00. The maximum absolute atomic E-state index is 13.6. The lowest BCUT2D eigenvalue weighted by Crippen LogP contribution is -1.92. The summed E-state index contributed by atoms with van der Waals surface area (Å²) in [7, 11) is 0. The number of hydrogen-bond acceptors (Lipinski definition) is 0. The average molecular weight is 313 g/mol. The number of benzene rings is 2. The van der Waals surface area contributed by atoms with Crippen LogP contribution in [-0.4, -0.2) is 6.67 Å². The van der Waals surface area contributed by atoms with Gasteiger partial charge in [0.2, 0.25) is 0 Å². The molecule has 21 heavy (non-hydrogen) atoms. The van der Waals surface area contributed by atoms with Gasteiger partial charge in [-0.1, -0.05) is 23.7 Å². The summed E-state index contributed by atoms with van der Waals surface area (Å²) < 4.78 is 39.3. The fourth-order valence-electron chi connectivity index (χ4n) is 2.17. The molecule has 0 aliphatic carbocycles. The minimum Gasteiger partial charge on any atom is -0.251 e. The minimum absolute atomic E-state index is 0.00212. The first-order chi connectivity index (χ1) is 10.0. The van der Waals surface area contributed by atoms with Crippen molar-refractivity contribution < 1.29 is 13.2 Å². The van der Waals surface area contributed by atoms with Gasteiger partial charge < -0.3 is 0 Å². The third-order valence-corrected chi connectivity index (χ3v) is 3.79. The van der Waals surface area contributed by atoms with E-state index in [1.165, 1.54) is 19.1 Å². The van der Waals surface area contributed by atoms with Crippen molar-refractivity contribution in [1.82, 2.24) is 0 Å². The third-order valence-electron chi connectivity index (χ3n) is 3.47. The number of rotatable bonds is 5. The van der Waals surface area contributed by atoms with Gasteiger partial charge in [0.25, 0.3) is 0 Å². The van der Waals surface area contributed by atoms with Crippen LogP contribution in [0.3, 0.4) is 0 Å². The molecule has 0 unspecified atom stereocenters. The Labute approximate surface area is 127 Å². The van der Waals surface area contributed by atoms with E-state index in [4.69, 9.17) is 11.6 Å². The van der Waals surface area contributed by atoms with Crippen molar-refractivity contribution in [1.29, 1.82) is 0 Å². The molecule has 0 radical (unpaired) electrons. The molecule has 0 atom stereocenters. The Hall–Kier alpha value is -1.48. The molecule has 2 aromatic rings. The molecule has 0 fully saturated rings. The van der Waals surface area contributed by atoms with Crippen molar-refractivity contribution in [3.05, 3.63) is 58.1 Å². The molecule has 0 nitrogen and oxygen atoms in total. The highest BCUT2D eigenvalue weighted by Gasteiger charge is 2.11. The highest BCUT2D eigenvalue weighted by atomic mass is 35.5. The molecule has 0 saturated heterocycles. The summed E-state index contributed by atoms with van der Waals surface area (Å²) in [6.07, 6.45) is 2.01. The number of aryl methyl sites for hydroxylation is 1. The zero-order valence-corrected chi connectivity index (χ0v) is 12.5. The van der Waals surface area contributed by atoms with E-state index in [0.717, 1.165) is 18.4 Å². The van der Waals surface area contributed by atoms with Crippen molar-refractivity contribution >= 4 is 11.6 Å². The van der Waals surface area contributed by atoms with Crippen LogP contribution in [-0.2, 0) is 6.42 Å². The van der Waals surface area contributed by atoms with E-state index in [9.17, 15) is 13.2 Å². The van der Waals surface area contributed by atoms with Crippen LogP contribution in [0, 0.1) is 18.6 Å². The van der Waals surface area contributed by atoms with Crippen LogP contribution in [0.1, 0.15) is 24.0 Å². The molecule has 2 rings (SSSR count). The molecule has 0 heterocycles. The molecule has 0 bridgehead atoms. The predicted molar refractivity (Wildman–Crippen MR) is 80.5 cm³/mol. The topological polar surface area (TPSA) is 0 Å². The highest BCUT2D eigenvalue weighted by molar-refractivity contribution is 6.33. The standard InChI is InChI=1S/C17H16ClF3/c1-11-16(20)9-13(10-17(11)21)14-6-5-12(8-15(14)18)4-2-3-7-19/h5-6,8-10H,2-4,7H2,1H3. The summed E-state index contributed by atoms with van der Waals surface area (Å²) in [6.45, 7) is 1.07. The second kappa shape index (κ2) is 6.99. The molecule has 112 valence electrons. The summed E-state index contributed by atoms with van der Waals surface area (Å²) in [6, 6.07) is 7.93. The predicted octanol–water partition coefficient (Wildman–Crippen LogP) is 5.89. The van der Waals surface area contributed by atoms with Gasteiger partial charge in [0.15, 0.2) is 0 Å². The van der Waals surface area contributed by atoms with E-state index in [-0.39, 0.29) is 12.2 Å². The van der Waals surface area contributed by atoms with E-state index >= 15 is 0 Å². The van der Waals surface area contributed by atoms with Crippen LogP contribution in [0.4, 0.5) is 13.2 Å². The molecule has 0 amide bonds. The molecular weight excluding hydrogens is 297 g/mol. The van der Waals surface area contributed by atoms with E-state index < -0.39 is 11.6 Å². The van der Waals surface area contributed by atoms with E-state index in [0.29, 0.717) is 22.6 Å². The molecule has 0 aromatic heterocycles. The number of hydrogen-bond donors (Lipinski definition) is 0. The zero-order chi connectivity index (χ0) is 15.4. The Morgan fingerprint density at radius 3 is 2.24 bits per heavy atom. The van der Waals surface area contributed by atoms with Crippen LogP contribution in [0.15, 0.2) is 30.3 Å². The Bertz CT molecular complexity index is 615. The van der Waals surface area contributed by atoms with Gasteiger partial charge in [0, 0.05) is 16.1 Å². The van der Waals surface area contributed by atoms with Gasteiger partial charge in [0.05, 0.1) is 6.67 Å². The van der Waals surface area contributed by atoms with Gasteiger partial charge in [-0.25, -0.2) is 8.78 Å². The van der Waals surface area contributed by atoms with Gasteiger partial charge in [0.1, 0.15) is 11.6 Å². The zero-order valence-electron chi connectivity index (χ0n) is 11.7. The third kappa shape index (κ3) is 3.79. The minimum atomic E-state index is -0.590. The van der Waals surface area contributed by atoms with Crippen molar-refractivity contribution in [2.75, 3.05) is 6.67 Å². The molecular formula is C17H16ClF3. The summed E-state index contributed by atoms with van der Waals surface area (Å²) in [5.41, 5.74) is 1.99. The summed E-state index contributed by atoms with van der Waals surface area (Å²) in [5, 5.41) is 0.440. The Kier molecular flexibility index (Phi) is 5.29. The number of alkyl halides is 1. The Balaban J connectivity index is 2.29. The van der Waals surface area contributed by atoms with Gasteiger partial charge in [-0.2, -0.15) is 0 Å². The van der Waals surface area contributed by atoms with Crippen LogP contribution in [0.25, 0.3) is 11.1 Å². The molecule has 0 aliphatic rings. The number of unbranched alkanes of at least 4 members (excludes halogenated alkanes) is 1. The van der Waals surface area contributed by atoms with Crippen molar-refractivity contribution in [2.24, 2.45) is 0 Å². The summed E-state index contributed by atoms with van der Waals surface area (Å²) >= 11 is 6.20. The first-order valence-electron chi connectivity index (χ1n) is 6.83. The molecule has 0 aliphatic heterocycles. The van der Waals surface area contributed by atoms with Crippen molar-refractivity contribution in [2.45, 2.75) is 26.2 Å². The normalized spacial score (nSPS) is 10.9. The van der Waals surface area contributed by atoms with E-state index in [1.807, 2.05) is 6.07 Å². The van der Waals surface area contributed by atoms with Crippen LogP contribution >= 0.6 is 11.6 Å². The lowest BCUT2D eigenvalue weighted by molar-refractivity contribution is 0.462. The lowest BCUT2D eigenvalue weighted by Gasteiger charge is -2.09. The molecule has 2 aromatic carbocycles. The SMILES string of the molecule is Cc1c(F)cc(-c2ccc(CCCCF)cc2Cl)cc1F. The van der Waals surface area contributed by atoms with Crippen molar-refractivity contribution in [3.8, 4) is 11.1 Å². The fourth-order valence-corrected chi connectivity index (χ4v) is 2.48. The molecule has 0 spiro atoms. The highest BCUT2D eigenvalue weighted by Crippen LogP contribution is 2.31. The monoisotopic (exact) mass is 312 g/mol. The maximum atomic E-state index is 13.6. The molecule has 0 saturated carbocycles. The van der Waals surface area contributed by atoms with Crippen LogP contribution < -0.4 is 0 Å². The fraction of sp³-hybridized carbons (Fsp3) is 0.294. The van der Waals surface area contributed by atoms with Crippen molar-refractivity contribution in [3.63, 3.8) is 0 Å². The molecule has 0 N–H and O–H groups in total. The quantitative estimate of drug-likeness (QED) is 0.604. The van der Waals surface area contributed by atoms with Crippen LogP contribution in [0.5, 0.6) is 0 Å². The van der Waals surface area contributed by atoms with Crippen LogP contribution in [0.2, 0.25) is 5.02 Å².